The molecule has 3 rings (SSSR count). The van der Waals surface area contributed by atoms with Gasteiger partial charge in [0.2, 0.25) is 11.7 Å². The van der Waals surface area contributed by atoms with Gasteiger partial charge in [-0.05, 0) is 40.5 Å². The predicted octanol–water partition coefficient (Wildman–Crippen LogP) is 2.84. The number of aromatic nitrogens is 4. The third-order valence-corrected chi connectivity index (χ3v) is 3.00. The Morgan fingerprint density at radius 3 is 2.95 bits per heavy atom. The minimum absolute atomic E-state index is 0.456. The highest BCUT2D eigenvalue weighted by Gasteiger charge is 2.12. The molecular weight excluding hydrogens is 312 g/mol. The zero-order chi connectivity index (χ0) is 13.2. The van der Waals surface area contributed by atoms with Gasteiger partial charge in [0.25, 0.3) is 0 Å². The van der Waals surface area contributed by atoms with Crippen LogP contribution < -0.4 is 0 Å². The normalized spacial score (nSPS) is 11.1. The molecule has 0 aromatic carbocycles. The Morgan fingerprint density at radius 2 is 2.26 bits per heavy atom. The maximum atomic E-state index is 5.36. The lowest BCUT2D eigenvalue weighted by Gasteiger charge is -1.96. The Morgan fingerprint density at radius 1 is 1.37 bits per heavy atom. The number of hydrogen-bond acceptors (Lipinski definition) is 5. The second kappa shape index (κ2) is 5.00. The Labute approximate surface area is 117 Å². The number of furan rings is 1. The first kappa shape index (κ1) is 12.2. The van der Waals surface area contributed by atoms with Crippen LogP contribution in [-0.2, 0) is 13.0 Å². The van der Waals surface area contributed by atoms with Gasteiger partial charge in [0, 0.05) is 19.2 Å². The van der Waals surface area contributed by atoms with E-state index in [2.05, 4.69) is 31.2 Å². The van der Waals surface area contributed by atoms with Crippen molar-refractivity contribution in [1.82, 2.24) is 19.9 Å². The van der Waals surface area contributed by atoms with Gasteiger partial charge in [0.15, 0.2) is 10.4 Å². The van der Waals surface area contributed by atoms with Gasteiger partial charge in [-0.1, -0.05) is 5.16 Å². The highest BCUT2D eigenvalue weighted by Crippen LogP contribution is 2.22. The molecule has 3 aromatic heterocycles. The third kappa shape index (κ3) is 2.76. The summed E-state index contributed by atoms with van der Waals surface area (Å²) in [6.07, 6.45) is 4.43. The first-order valence-electron chi connectivity index (χ1n) is 5.78. The molecule has 0 aliphatic heterocycles. The van der Waals surface area contributed by atoms with Crippen molar-refractivity contribution in [2.45, 2.75) is 19.9 Å². The second-order valence-electron chi connectivity index (χ2n) is 4.15. The van der Waals surface area contributed by atoms with Gasteiger partial charge in [-0.3, -0.25) is 4.68 Å². The van der Waals surface area contributed by atoms with E-state index in [1.54, 1.807) is 12.1 Å². The van der Waals surface area contributed by atoms with Gasteiger partial charge in [0.05, 0.1) is 6.20 Å². The molecular formula is C12H11BrN4O2. The molecule has 0 atom stereocenters. The monoisotopic (exact) mass is 322 g/mol. The van der Waals surface area contributed by atoms with Crippen molar-refractivity contribution in [1.29, 1.82) is 0 Å². The van der Waals surface area contributed by atoms with Crippen molar-refractivity contribution in [3.05, 3.63) is 40.7 Å². The van der Waals surface area contributed by atoms with E-state index < -0.39 is 0 Å². The first-order chi connectivity index (χ1) is 9.20. The van der Waals surface area contributed by atoms with E-state index in [-0.39, 0.29) is 0 Å². The van der Waals surface area contributed by atoms with E-state index in [4.69, 9.17) is 8.94 Å². The molecule has 0 aliphatic carbocycles. The highest BCUT2D eigenvalue weighted by atomic mass is 79.9. The van der Waals surface area contributed by atoms with E-state index in [0.717, 1.165) is 5.56 Å². The number of hydrogen-bond donors (Lipinski definition) is 0. The standard InChI is InChI=1S/C12H11BrN4O2/c1-8-6-14-17(7-8)5-4-11-15-12(16-19-11)9-2-3-10(13)18-9/h2-3,6-7H,4-5H2,1H3. The Hall–Kier alpha value is -1.89. The van der Waals surface area contributed by atoms with Gasteiger partial charge >= 0.3 is 0 Å². The molecule has 0 saturated heterocycles. The SMILES string of the molecule is Cc1cnn(CCc2nc(-c3ccc(Br)o3)no2)c1. The number of halogens is 1. The Kier molecular flexibility index (Phi) is 3.20. The van der Waals surface area contributed by atoms with Crippen LogP contribution in [0.1, 0.15) is 11.5 Å². The molecule has 0 aliphatic rings. The molecule has 0 saturated carbocycles. The maximum absolute atomic E-state index is 5.36. The molecule has 3 aromatic rings. The second-order valence-corrected chi connectivity index (χ2v) is 4.93. The molecule has 0 N–H and O–H groups in total. The Bertz CT molecular complexity index is 685. The molecule has 7 heteroatoms. The lowest BCUT2D eigenvalue weighted by atomic mass is 10.4. The summed E-state index contributed by atoms with van der Waals surface area (Å²) in [5.74, 6) is 1.60. The van der Waals surface area contributed by atoms with Crippen LogP contribution in [0, 0.1) is 6.92 Å². The largest absolute Gasteiger partial charge is 0.446 e. The van der Waals surface area contributed by atoms with Crippen molar-refractivity contribution in [3.8, 4) is 11.6 Å². The first-order valence-corrected chi connectivity index (χ1v) is 6.57. The summed E-state index contributed by atoms with van der Waals surface area (Å²) in [4.78, 5) is 4.28. The van der Waals surface area contributed by atoms with Crippen molar-refractivity contribution in [3.63, 3.8) is 0 Å². The number of rotatable bonds is 4. The van der Waals surface area contributed by atoms with E-state index in [1.165, 1.54) is 0 Å². The van der Waals surface area contributed by atoms with Gasteiger partial charge in [-0.15, -0.1) is 0 Å². The van der Waals surface area contributed by atoms with Crippen molar-refractivity contribution >= 4 is 15.9 Å². The summed E-state index contributed by atoms with van der Waals surface area (Å²) in [6, 6.07) is 3.58. The smallest absolute Gasteiger partial charge is 0.238 e. The van der Waals surface area contributed by atoms with Crippen LogP contribution in [0.15, 0.2) is 38.1 Å². The summed E-state index contributed by atoms with van der Waals surface area (Å²) < 4.78 is 13.0. The summed E-state index contributed by atoms with van der Waals surface area (Å²) >= 11 is 3.24. The Balaban J connectivity index is 1.68. The average molecular weight is 323 g/mol. The van der Waals surface area contributed by atoms with Crippen LogP contribution in [0.2, 0.25) is 0 Å². The fourth-order valence-corrected chi connectivity index (χ4v) is 2.00. The van der Waals surface area contributed by atoms with E-state index in [1.807, 2.05) is 24.0 Å². The highest BCUT2D eigenvalue weighted by molar-refractivity contribution is 9.10. The molecule has 0 spiro atoms. The maximum Gasteiger partial charge on any atom is 0.238 e. The molecule has 3 heterocycles. The molecule has 0 radical (unpaired) electrons. The summed E-state index contributed by atoms with van der Waals surface area (Å²) in [7, 11) is 0. The zero-order valence-corrected chi connectivity index (χ0v) is 11.8. The van der Waals surface area contributed by atoms with Crippen LogP contribution in [0.25, 0.3) is 11.6 Å². The van der Waals surface area contributed by atoms with Crippen LogP contribution in [0.3, 0.4) is 0 Å². The van der Waals surface area contributed by atoms with Gasteiger partial charge in [-0.25, -0.2) is 0 Å². The number of aryl methyl sites for hydroxylation is 3. The van der Waals surface area contributed by atoms with Gasteiger partial charge in [-0.2, -0.15) is 10.1 Å². The lowest BCUT2D eigenvalue weighted by Crippen LogP contribution is -2.01. The molecule has 98 valence electrons. The fraction of sp³-hybridized carbons (Fsp3) is 0.250. The van der Waals surface area contributed by atoms with Crippen LogP contribution >= 0.6 is 15.9 Å². The van der Waals surface area contributed by atoms with Crippen LogP contribution in [0.4, 0.5) is 0 Å². The van der Waals surface area contributed by atoms with Crippen molar-refractivity contribution in [2.24, 2.45) is 0 Å². The molecule has 6 nitrogen and oxygen atoms in total. The third-order valence-electron chi connectivity index (χ3n) is 2.58. The van der Waals surface area contributed by atoms with Gasteiger partial charge < -0.3 is 8.94 Å². The van der Waals surface area contributed by atoms with Gasteiger partial charge in [0.1, 0.15) is 0 Å². The number of nitrogens with zero attached hydrogens (tertiary/aromatic N) is 4. The van der Waals surface area contributed by atoms with E-state index in [0.29, 0.717) is 35.1 Å². The topological polar surface area (TPSA) is 69.9 Å². The molecule has 0 amide bonds. The molecule has 0 fully saturated rings. The lowest BCUT2D eigenvalue weighted by molar-refractivity contribution is 0.368. The van der Waals surface area contributed by atoms with Crippen LogP contribution in [-0.4, -0.2) is 19.9 Å². The van der Waals surface area contributed by atoms with E-state index in [9.17, 15) is 0 Å². The summed E-state index contributed by atoms with van der Waals surface area (Å²) in [5.41, 5.74) is 1.13. The average Bonchev–Trinajstić information content (AvgIpc) is 3.07. The van der Waals surface area contributed by atoms with Crippen molar-refractivity contribution < 1.29 is 8.94 Å². The quantitative estimate of drug-likeness (QED) is 0.738. The van der Waals surface area contributed by atoms with E-state index >= 15 is 0 Å². The minimum atomic E-state index is 0.456. The summed E-state index contributed by atoms with van der Waals surface area (Å²) in [5, 5.41) is 8.09. The molecule has 19 heavy (non-hydrogen) atoms. The van der Waals surface area contributed by atoms with Crippen LogP contribution in [0.5, 0.6) is 0 Å². The predicted molar refractivity (Wildman–Crippen MR) is 70.4 cm³/mol. The van der Waals surface area contributed by atoms with Crippen molar-refractivity contribution in [2.75, 3.05) is 0 Å². The fourth-order valence-electron chi connectivity index (χ4n) is 1.69. The summed E-state index contributed by atoms with van der Waals surface area (Å²) in [6.45, 7) is 2.71. The molecule has 0 bridgehead atoms. The minimum Gasteiger partial charge on any atom is -0.446 e. The zero-order valence-electron chi connectivity index (χ0n) is 10.2. The molecule has 0 unspecified atom stereocenters.